The Hall–Kier alpha value is -1.53. The summed E-state index contributed by atoms with van der Waals surface area (Å²) < 4.78 is 30.4. The summed E-state index contributed by atoms with van der Waals surface area (Å²) in [5, 5.41) is 0. The first-order valence-electron chi connectivity index (χ1n) is 5.36. The molecule has 0 saturated carbocycles. The van der Waals surface area contributed by atoms with Crippen molar-refractivity contribution < 1.29 is 22.6 Å². The van der Waals surface area contributed by atoms with Crippen molar-refractivity contribution in [2.75, 3.05) is 0 Å². The molecule has 0 atom stereocenters. The standard InChI is InChI=1S/C12H14O5S/c1-9(13)8-11(14)5-2-10-3-6-12(7-4-10)18(15,16)17/h3-4,6-7H,2,5,8H2,1H3,(H,15,16,17). The molecule has 0 bridgehead atoms. The van der Waals surface area contributed by atoms with Crippen molar-refractivity contribution in [1.82, 2.24) is 0 Å². The van der Waals surface area contributed by atoms with Crippen LogP contribution in [-0.4, -0.2) is 24.5 Å². The zero-order chi connectivity index (χ0) is 13.8. The minimum atomic E-state index is -4.18. The van der Waals surface area contributed by atoms with Crippen molar-refractivity contribution in [2.45, 2.75) is 31.1 Å². The van der Waals surface area contributed by atoms with Gasteiger partial charge in [0.15, 0.2) is 0 Å². The molecule has 5 nitrogen and oxygen atoms in total. The average Bonchev–Trinajstić information content (AvgIpc) is 2.25. The summed E-state index contributed by atoms with van der Waals surface area (Å²) in [5.74, 6) is -0.303. The summed E-state index contributed by atoms with van der Waals surface area (Å²) in [5.41, 5.74) is 0.777. The SMILES string of the molecule is CC(=O)CC(=O)CCc1ccc(S(=O)(=O)O)cc1. The number of rotatable bonds is 6. The maximum absolute atomic E-state index is 11.3. The van der Waals surface area contributed by atoms with Crippen LogP contribution in [0.3, 0.4) is 0 Å². The lowest BCUT2D eigenvalue weighted by molar-refractivity contribution is -0.125. The lowest BCUT2D eigenvalue weighted by Gasteiger charge is -2.02. The summed E-state index contributed by atoms with van der Waals surface area (Å²) >= 11 is 0. The van der Waals surface area contributed by atoms with Crippen LogP contribution in [0.2, 0.25) is 0 Å². The van der Waals surface area contributed by atoms with Gasteiger partial charge in [0, 0.05) is 6.42 Å². The minimum absolute atomic E-state index is 0.0664. The van der Waals surface area contributed by atoms with Crippen LogP contribution in [0.25, 0.3) is 0 Å². The van der Waals surface area contributed by atoms with E-state index in [1.54, 1.807) is 0 Å². The van der Waals surface area contributed by atoms with Gasteiger partial charge in [0.1, 0.15) is 11.6 Å². The lowest BCUT2D eigenvalue weighted by Crippen LogP contribution is -2.05. The molecule has 0 aliphatic rings. The molecule has 0 amide bonds. The summed E-state index contributed by atoms with van der Waals surface area (Å²) in [6, 6.07) is 5.62. The molecule has 0 aliphatic carbocycles. The fourth-order valence-corrected chi connectivity index (χ4v) is 1.96. The van der Waals surface area contributed by atoms with E-state index < -0.39 is 10.1 Å². The Labute approximate surface area is 106 Å². The van der Waals surface area contributed by atoms with Gasteiger partial charge in [-0.1, -0.05) is 12.1 Å². The van der Waals surface area contributed by atoms with Crippen LogP contribution in [0.1, 0.15) is 25.3 Å². The Bertz CT molecular complexity index is 542. The first-order chi connectivity index (χ1) is 8.29. The molecule has 6 heteroatoms. The van der Waals surface area contributed by atoms with Crippen LogP contribution < -0.4 is 0 Å². The smallest absolute Gasteiger partial charge is 0.294 e. The second-order valence-corrected chi connectivity index (χ2v) is 5.46. The van der Waals surface area contributed by atoms with Gasteiger partial charge in [-0.15, -0.1) is 0 Å². The van der Waals surface area contributed by atoms with E-state index in [1.807, 2.05) is 0 Å². The van der Waals surface area contributed by atoms with E-state index in [0.717, 1.165) is 5.56 Å². The molecule has 0 radical (unpaired) electrons. The van der Waals surface area contributed by atoms with E-state index >= 15 is 0 Å². The van der Waals surface area contributed by atoms with Gasteiger partial charge in [0.25, 0.3) is 10.1 Å². The third kappa shape index (κ3) is 4.77. The normalized spacial score (nSPS) is 11.2. The summed E-state index contributed by atoms with van der Waals surface area (Å²) in [6.45, 7) is 1.36. The van der Waals surface area contributed by atoms with Gasteiger partial charge in [0.05, 0.1) is 11.3 Å². The molecule has 0 saturated heterocycles. The number of carbonyl (C=O) groups is 2. The van der Waals surface area contributed by atoms with Crippen molar-refractivity contribution >= 4 is 21.7 Å². The molecule has 98 valence electrons. The maximum atomic E-state index is 11.3. The highest BCUT2D eigenvalue weighted by Gasteiger charge is 2.09. The summed E-state index contributed by atoms with van der Waals surface area (Å²) in [6.07, 6.45) is 0.617. The monoisotopic (exact) mass is 270 g/mol. The molecule has 18 heavy (non-hydrogen) atoms. The Balaban J connectivity index is 2.60. The Kier molecular flexibility index (Phi) is 4.75. The van der Waals surface area contributed by atoms with Crippen LogP contribution in [0, 0.1) is 0 Å². The zero-order valence-electron chi connectivity index (χ0n) is 9.92. The molecular weight excluding hydrogens is 256 g/mol. The number of benzene rings is 1. The molecule has 0 unspecified atom stereocenters. The van der Waals surface area contributed by atoms with Gasteiger partial charge >= 0.3 is 0 Å². The van der Waals surface area contributed by atoms with Crippen LogP contribution >= 0.6 is 0 Å². The van der Waals surface area contributed by atoms with Gasteiger partial charge in [-0.2, -0.15) is 8.42 Å². The largest absolute Gasteiger partial charge is 0.300 e. The molecule has 1 aromatic rings. The Morgan fingerprint density at radius 2 is 1.72 bits per heavy atom. The van der Waals surface area contributed by atoms with E-state index in [4.69, 9.17) is 4.55 Å². The van der Waals surface area contributed by atoms with Crippen molar-refractivity contribution in [2.24, 2.45) is 0 Å². The van der Waals surface area contributed by atoms with Crippen LogP contribution in [0.4, 0.5) is 0 Å². The molecular formula is C12H14O5S. The van der Waals surface area contributed by atoms with Gasteiger partial charge in [0.2, 0.25) is 0 Å². The topological polar surface area (TPSA) is 88.5 Å². The number of Topliss-reactive ketones (excluding diaryl/α,β-unsaturated/α-hetero) is 2. The zero-order valence-corrected chi connectivity index (χ0v) is 10.7. The fourth-order valence-electron chi connectivity index (χ4n) is 1.48. The van der Waals surface area contributed by atoms with Crippen LogP contribution in [0.15, 0.2) is 29.2 Å². The predicted molar refractivity (Wildman–Crippen MR) is 64.9 cm³/mol. The number of hydrogen-bond acceptors (Lipinski definition) is 4. The first kappa shape index (κ1) is 14.5. The van der Waals surface area contributed by atoms with Crippen molar-refractivity contribution in [3.05, 3.63) is 29.8 Å². The van der Waals surface area contributed by atoms with E-state index in [-0.39, 0.29) is 29.3 Å². The van der Waals surface area contributed by atoms with Crippen LogP contribution in [-0.2, 0) is 26.1 Å². The molecule has 1 N–H and O–H groups in total. The molecule has 0 spiro atoms. The van der Waals surface area contributed by atoms with Crippen molar-refractivity contribution in [3.8, 4) is 0 Å². The molecule has 0 aliphatic heterocycles. The van der Waals surface area contributed by atoms with E-state index in [9.17, 15) is 18.0 Å². The highest BCUT2D eigenvalue weighted by Crippen LogP contribution is 2.11. The first-order valence-corrected chi connectivity index (χ1v) is 6.80. The lowest BCUT2D eigenvalue weighted by atomic mass is 10.1. The highest BCUT2D eigenvalue weighted by molar-refractivity contribution is 7.85. The van der Waals surface area contributed by atoms with E-state index in [2.05, 4.69) is 0 Å². The van der Waals surface area contributed by atoms with Crippen molar-refractivity contribution in [3.63, 3.8) is 0 Å². The third-order valence-corrected chi connectivity index (χ3v) is 3.23. The number of hydrogen-bond donors (Lipinski definition) is 1. The second kappa shape index (κ2) is 5.88. The third-order valence-electron chi connectivity index (χ3n) is 2.36. The summed E-state index contributed by atoms with van der Waals surface area (Å²) in [4.78, 5) is 21.8. The quantitative estimate of drug-likeness (QED) is 0.623. The maximum Gasteiger partial charge on any atom is 0.294 e. The fraction of sp³-hybridized carbons (Fsp3) is 0.333. The second-order valence-electron chi connectivity index (χ2n) is 4.04. The highest BCUT2D eigenvalue weighted by atomic mass is 32.2. The van der Waals surface area contributed by atoms with E-state index in [1.165, 1.54) is 31.2 Å². The van der Waals surface area contributed by atoms with Crippen LogP contribution in [0.5, 0.6) is 0 Å². The molecule has 1 rings (SSSR count). The molecule has 1 aromatic carbocycles. The average molecular weight is 270 g/mol. The van der Waals surface area contributed by atoms with Gasteiger partial charge in [-0.25, -0.2) is 0 Å². The Morgan fingerprint density at radius 3 is 2.17 bits per heavy atom. The van der Waals surface area contributed by atoms with E-state index in [0.29, 0.717) is 6.42 Å². The number of ketones is 2. The van der Waals surface area contributed by atoms with Gasteiger partial charge < -0.3 is 0 Å². The minimum Gasteiger partial charge on any atom is -0.300 e. The van der Waals surface area contributed by atoms with Gasteiger partial charge in [-0.05, 0) is 31.0 Å². The molecule has 0 aromatic heterocycles. The number of aryl methyl sites for hydroxylation is 1. The molecule has 0 fully saturated rings. The van der Waals surface area contributed by atoms with Gasteiger partial charge in [-0.3, -0.25) is 14.1 Å². The van der Waals surface area contributed by atoms with Crippen molar-refractivity contribution in [1.29, 1.82) is 0 Å². The predicted octanol–water partition coefficient (Wildman–Crippen LogP) is 1.41. The summed E-state index contributed by atoms with van der Waals surface area (Å²) in [7, 11) is -4.18. The number of carbonyl (C=O) groups excluding carboxylic acids is 2. The molecule has 0 heterocycles. The Morgan fingerprint density at radius 1 is 1.17 bits per heavy atom.